The van der Waals surface area contributed by atoms with Gasteiger partial charge in [0.2, 0.25) is 0 Å². The third-order valence-electron chi connectivity index (χ3n) is 3.21. The minimum absolute atomic E-state index is 0.138. The molecule has 1 N–H and O–H groups in total. The molecule has 0 saturated carbocycles. The first-order valence-electron chi connectivity index (χ1n) is 6.38. The van der Waals surface area contributed by atoms with Crippen LogP contribution in [0.25, 0.3) is 0 Å². The van der Waals surface area contributed by atoms with Crippen molar-refractivity contribution in [3.05, 3.63) is 51.0 Å². The summed E-state index contributed by atoms with van der Waals surface area (Å²) in [5.41, 5.74) is -0.0355. The van der Waals surface area contributed by atoms with Crippen LogP contribution in [-0.4, -0.2) is 0 Å². The van der Waals surface area contributed by atoms with Gasteiger partial charge in [-0.25, -0.2) is 4.39 Å². The molecule has 0 bridgehead atoms. The lowest BCUT2D eigenvalue weighted by Crippen LogP contribution is -2.11. The van der Waals surface area contributed by atoms with Crippen LogP contribution in [0.4, 0.5) is 23.2 Å². The molecule has 1 nitrogen and oxygen atoms in total. The monoisotopic (exact) mass is 317 g/mol. The fourth-order valence-electron chi connectivity index (χ4n) is 2.20. The number of nitrogens with one attached hydrogen (secondary N) is 1. The highest BCUT2D eigenvalue weighted by atomic mass is 32.1. The van der Waals surface area contributed by atoms with Gasteiger partial charge in [0.05, 0.1) is 11.3 Å². The molecule has 0 fully saturated rings. The number of alkyl halides is 3. The lowest BCUT2D eigenvalue weighted by molar-refractivity contribution is -0.137. The number of hydrogen-bond donors (Lipinski definition) is 1. The number of benzene rings is 1. The van der Waals surface area contributed by atoms with Crippen molar-refractivity contribution in [1.82, 2.24) is 0 Å². The first kappa shape index (κ1) is 15.8. The largest absolute Gasteiger partial charge is 0.416 e. The van der Waals surface area contributed by atoms with Crippen LogP contribution >= 0.6 is 11.3 Å². The second kappa shape index (κ2) is 5.67. The summed E-state index contributed by atoms with van der Waals surface area (Å²) >= 11 is 1.61. The summed E-state index contributed by atoms with van der Waals surface area (Å²) in [6, 6.07) is 4.08. The van der Waals surface area contributed by atoms with E-state index in [9.17, 15) is 17.6 Å². The van der Waals surface area contributed by atoms with E-state index >= 15 is 0 Å². The van der Waals surface area contributed by atoms with Gasteiger partial charge >= 0.3 is 6.18 Å². The van der Waals surface area contributed by atoms with Gasteiger partial charge in [-0.05, 0) is 50.6 Å². The molecule has 0 aliphatic heterocycles. The van der Waals surface area contributed by atoms with Crippen molar-refractivity contribution in [2.75, 3.05) is 5.32 Å². The van der Waals surface area contributed by atoms with Gasteiger partial charge < -0.3 is 5.32 Å². The van der Waals surface area contributed by atoms with E-state index in [2.05, 4.69) is 5.32 Å². The molecule has 1 heterocycles. The Bertz CT molecular complexity index is 646. The maximum atomic E-state index is 13.7. The standard InChI is InChI=1S/C15H15F4NS/c1-8-6-12(10(3)21-8)9(2)20-14-7-11(15(17,18)19)4-5-13(14)16/h4-7,9,20H,1-3H3. The van der Waals surface area contributed by atoms with E-state index in [-0.39, 0.29) is 11.7 Å². The average Bonchev–Trinajstić information content (AvgIpc) is 2.70. The van der Waals surface area contributed by atoms with E-state index in [0.29, 0.717) is 0 Å². The van der Waals surface area contributed by atoms with Crippen LogP contribution in [-0.2, 0) is 6.18 Å². The van der Waals surface area contributed by atoms with Gasteiger partial charge in [-0.15, -0.1) is 11.3 Å². The molecule has 1 unspecified atom stereocenters. The molecule has 114 valence electrons. The normalized spacial score (nSPS) is 13.3. The Labute approximate surface area is 124 Å². The second-order valence-corrected chi connectivity index (χ2v) is 6.39. The molecule has 0 radical (unpaired) electrons. The van der Waals surface area contributed by atoms with E-state index < -0.39 is 17.6 Å². The summed E-state index contributed by atoms with van der Waals surface area (Å²) in [7, 11) is 0. The Morgan fingerprint density at radius 1 is 1.14 bits per heavy atom. The maximum Gasteiger partial charge on any atom is 0.416 e. The maximum absolute atomic E-state index is 13.7. The summed E-state index contributed by atoms with van der Waals surface area (Å²) in [6.07, 6.45) is -4.48. The smallest absolute Gasteiger partial charge is 0.376 e. The first-order valence-corrected chi connectivity index (χ1v) is 7.20. The summed E-state index contributed by atoms with van der Waals surface area (Å²) in [6.45, 7) is 5.70. The summed E-state index contributed by atoms with van der Waals surface area (Å²) in [5.74, 6) is -0.695. The zero-order valence-electron chi connectivity index (χ0n) is 11.8. The number of rotatable bonds is 3. The van der Waals surface area contributed by atoms with Crippen molar-refractivity contribution in [2.24, 2.45) is 0 Å². The van der Waals surface area contributed by atoms with Crippen LogP contribution in [0.3, 0.4) is 0 Å². The van der Waals surface area contributed by atoms with Gasteiger partial charge in [0.25, 0.3) is 0 Å². The minimum Gasteiger partial charge on any atom is -0.376 e. The Morgan fingerprint density at radius 3 is 2.33 bits per heavy atom. The highest BCUT2D eigenvalue weighted by Crippen LogP contribution is 2.34. The summed E-state index contributed by atoms with van der Waals surface area (Å²) in [5, 5.41) is 2.82. The first-order chi connectivity index (χ1) is 9.68. The van der Waals surface area contributed by atoms with Crippen LogP contribution in [0.2, 0.25) is 0 Å². The summed E-state index contributed by atoms with van der Waals surface area (Å²) < 4.78 is 51.7. The van der Waals surface area contributed by atoms with Gasteiger partial charge in [0, 0.05) is 15.8 Å². The van der Waals surface area contributed by atoms with Gasteiger partial charge in [0.15, 0.2) is 0 Å². The predicted octanol–water partition coefficient (Wildman–Crippen LogP) is 5.70. The molecule has 2 aromatic rings. The SMILES string of the molecule is Cc1cc(C(C)Nc2cc(C(F)(F)F)ccc2F)c(C)s1. The molecular weight excluding hydrogens is 302 g/mol. The highest BCUT2D eigenvalue weighted by Gasteiger charge is 2.31. The van der Waals surface area contributed by atoms with Crippen molar-refractivity contribution in [2.45, 2.75) is 33.0 Å². The fourth-order valence-corrected chi connectivity index (χ4v) is 3.23. The molecule has 2 rings (SSSR count). The zero-order chi connectivity index (χ0) is 15.8. The molecule has 0 aliphatic rings. The third-order valence-corrected chi connectivity index (χ3v) is 4.19. The molecule has 1 aromatic heterocycles. The van der Waals surface area contributed by atoms with Gasteiger partial charge in [-0.2, -0.15) is 13.2 Å². The molecule has 6 heteroatoms. The highest BCUT2D eigenvalue weighted by molar-refractivity contribution is 7.12. The Balaban J connectivity index is 2.28. The molecule has 1 atom stereocenters. The van der Waals surface area contributed by atoms with E-state index in [1.165, 1.54) is 0 Å². The van der Waals surface area contributed by atoms with Crippen LogP contribution < -0.4 is 5.32 Å². The molecule has 1 aromatic carbocycles. The second-order valence-electron chi connectivity index (χ2n) is 4.93. The number of thiophene rings is 1. The number of anilines is 1. The Morgan fingerprint density at radius 2 is 1.81 bits per heavy atom. The van der Waals surface area contributed by atoms with Crippen LogP contribution in [0.15, 0.2) is 24.3 Å². The van der Waals surface area contributed by atoms with E-state index in [0.717, 1.165) is 33.5 Å². The molecule has 0 aliphatic carbocycles. The van der Waals surface area contributed by atoms with Crippen LogP contribution in [0, 0.1) is 19.7 Å². The number of halogens is 4. The number of hydrogen-bond acceptors (Lipinski definition) is 2. The lowest BCUT2D eigenvalue weighted by atomic mass is 10.1. The van der Waals surface area contributed by atoms with Crippen molar-refractivity contribution in [3.8, 4) is 0 Å². The minimum atomic E-state index is -4.48. The molecular formula is C15H15F4NS. The van der Waals surface area contributed by atoms with Gasteiger partial charge in [-0.1, -0.05) is 0 Å². The molecule has 0 amide bonds. The molecule has 21 heavy (non-hydrogen) atoms. The van der Waals surface area contributed by atoms with Crippen molar-refractivity contribution < 1.29 is 17.6 Å². The third kappa shape index (κ3) is 3.56. The van der Waals surface area contributed by atoms with Crippen LogP contribution in [0.1, 0.15) is 33.8 Å². The van der Waals surface area contributed by atoms with Crippen LogP contribution in [0.5, 0.6) is 0 Å². The predicted molar refractivity (Wildman–Crippen MR) is 77.2 cm³/mol. The Kier molecular flexibility index (Phi) is 4.27. The molecule has 0 spiro atoms. The Hall–Kier alpha value is -1.56. The average molecular weight is 317 g/mol. The fraction of sp³-hybridized carbons (Fsp3) is 0.333. The van der Waals surface area contributed by atoms with E-state index in [1.807, 2.05) is 19.9 Å². The zero-order valence-corrected chi connectivity index (χ0v) is 12.6. The molecule has 0 saturated heterocycles. The van der Waals surface area contributed by atoms with Crippen molar-refractivity contribution in [1.29, 1.82) is 0 Å². The number of aryl methyl sites for hydroxylation is 2. The van der Waals surface area contributed by atoms with E-state index in [4.69, 9.17) is 0 Å². The quantitative estimate of drug-likeness (QED) is 0.716. The van der Waals surface area contributed by atoms with E-state index in [1.54, 1.807) is 18.3 Å². The van der Waals surface area contributed by atoms with Crippen molar-refractivity contribution in [3.63, 3.8) is 0 Å². The summed E-state index contributed by atoms with van der Waals surface area (Å²) in [4.78, 5) is 2.18. The van der Waals surface area contributed by atoms with Crippen molar-refractivity contribution >= 4 is 17.0 Å². The topological polar surface area (TPSA) is 12.0 Å². The van der Waals surface area contributed by atoms with Gasteiger partial charge in [-0.3, -0.25) is 0 Å². The van der Waals surface area contributed by atoms with Gasteiger partial charge in [0.1, 0.15) is 5.82 Å². The lowest BCUT2D eigenvalue weighted by Gasteiger charge is -2.17.